The van der Waals surface area contributed by atoms with E-state index in [-0.39, 0.29) is 18.9 Å². The van der Waals surface area contributed by atoms with Gasteiger partial charge in [0.15, 0.2) is 0 Å². The van der Waals surface area contributed by atoms with Crippen LogP contribution in [0.3, 0.4) is 0 Å². The average molecular weight is 543 g/mol. The number of alkyl halides is 2. The van der Waals surface area contributed by atoms with Gasteiger partial charge in [0.2, 0.25) is 5.91 Å². The van der Waals surface area contributed by atoms with E-state index in [0.29, 0.717) is 37.2 Å². The van der Waals surface area contributed by atoms with Crippen molar-refractivity contribution in [2.24, 2.45) is 5.41 Å². The minimum Gasteiger partial charge on any atom is -0.480 e. The summed E-state index contributed by atoms with van der Waals surface area (Å²) in [6.45, 7) is 2.51. The molecule has 1 aliphatic heterocycles. The Morgan fingerprint density at radius 1 is 1.08 bits per heavy atom. The highest BCUT2D eigenvalue weighted by molar-refractivity contribution is 6.53. The number of piperidine rings is 1. The van der Waals surface area contributed by atoms with Gasteiger partial charge in [0.25, 0.3) is 0 Å². The van der Waals surface area contributed by atoms with Gasteiger partial charge in [-0.2, -0.15) is 5.26 Å². The number of carbonyl (C=O) groups excluding carboxylic acids is 2. The number of nitrogens with zero attached hydrogens (tertiary/aromatic N) is 2. The molecule has 0 aromatic heterocycles. The molecule has 1 heterocycles. The molecule has 2 aromatic carbocycles. The van der Waals surface area contributed by atoms with Gasteiger partial charge in [-0.1, -0.05) is 42.5 Å². The lowest BCUT2D eigenvalue weighted by Crippen LogP contribution is -2.46. The monoisotopic (exact) mass is 542 g/mol. The fourth-order valence-electron chi connectivity index (χ4n) is 4.64. The van der Waals surface area contributed by atoms with Crippen LogP contribution in [0.2, 0.25) is 0 Å². The Balaban J connectivity index is 1.32. The van der Waals surface area contributed by atoms with E-state index in [1.807, 2.05) is 30.3 Å². The van der Waals surface area contributed by atoms with Crippen molar-refractivity contribution in [3.05, 3.63) is 65.7 Å². The van der Waals surface area contributed by atoms with E-state index < -0.39 is 33.1 Å². The van der Waals surface area contributed by atoms with E-state index in [1.165, 1.54) is 0 Å². The predicted molar refractivity (Wildman–Crippen MR) is 140 cm³/mol. The van der Waals surface area contributed by atoms with Crippen LogP contribution in [-0.4, -0.2) is 51.4 Å². The lowest BCUT2D eigenvalue weighted by Gasteiger charge is -2.37. The second-order valence-corrected chi connectivity index (χ2v) is 11.4. The van der Waals surface area contributed by atoms with Gasteiger partial charge in [0, 0.05) is 25.2 Å². The van der Waals surface area contributed by atoms with E-state index in [4.69, 9.17) is 23.2 Å². The Kier molecular flexibility index (Phi) is 7.40. The Bertz CT molecular complexity index is 1220. The quantitative estimate of drug-likeness (QED) is 0.445. The molecule has 4 rings (SSSR count). The normalized spacial score (nSPS) is 22.3. The Hall–Kier alpha value is -3.28. The van der Waals surface area contributed by atoms with Crippen molar-refractivity contribution in [3.8, 4) is 6.07 Å². The van der Waals surface area contributed by atoms with Gasteiger partial charge in [-0.05, 0) is 49.4 Å². The smallest absolute Gasteiger partial charge is 0.326 e. The number of urea groups is 1. The van der Waals surface area contributed by atoms with Crippen molar-refractivity contribution >= 4 is 46.8 Å². The van der Waals surface area contributed by atoms with Gasteiger partial charge in [-0.15, -0.1) is 23.2 Å². The van der Waals surface area contributed by atoms with E-state index in [0.717, 1.165) is 5.56 Å². The largest absolute Gasteiger partial charge is 0.480 e. The number of halogens is 2. The zero-order valence-electron chi connectivity index (χ0n) is 20.3. The van der Waals surface area contributed by atoms with Crippen LogP contribution in [0.1, 0.15) is 37.3 Å². The van der Waals surface area contributed by atoms with Crippen molar-refractivity contribution in [2.45, 2.75) is 48.4 Å². The molecule has 0 bridgehead atoms. The van der Waals surface area contributed by atoms with Crippen LogP contribution >= 0.6 is 23.2 Å². The molecule has 2 aliphatic rings. The molecule has 1 unspecified atom stereocenters. The number of benzene rings is 2. The first-order chi connectivity index (χ1) is 17.5. The lowest BCUT2D eigenvalue weighted by atomic mass is 9.74. The van der Waals surface area contributed by atoms with Crippen LogP contribution in [-0.2, 0) is 21.4 Å². The summed E-state index contributed by atoms with van der Waals surface area (Å²) in [4.78, 5) is 38.7. The number of nitrogens with one attached hydrogen (secondary N) is 2. The summed E-state index contributed by atoms with van der Waals surface area (Å²) in [7, 11) is 0. The molecular weight excluding hydrogens is 515 g/mol. The third-order valence-corrected chi connectivity index (χ3v) is 8.55. The van der Waals surface area contributed by atoms with Crippen molar-refractivity contribution in [2.75, 3.05) is 18.4 Å². The first-order valence-corrected chi connectivity index (χ1v) is 12.8. The zero-order chi connectivity index (χ0) is 26.8. The maximum absolute atomic E-state index is 12.8. The van der Waals surface area contributed by atoms with Crippen LogP contribution in [0.4, 0.5) is 10.5 Å². The molecule has 3 N–H and O–H groups in total. The summed E-state index contributed by atoms with van der Waals surface area (Å²) in [5, 5.41) is 24.8. The molecule has 2 atom stereocenters. The van der Waals surface area contributed by atoms with E-state index in [9.17, 15) is 24.8 Å². The third kappa shape index (κ3) is 5.53. The number of carbonyl (C=O) groups is 3. The fourth-order valence-corrected chi connectivity index (χ4v) is 5.35. The second kappa shape index (κ2) is 10.2. The van der Waals surface area contributed by atoms with Gasteiger partial charge in [-0.3, -0.25) is 4.79 Å². The Labute approximate surface area is 225 Å². The number of likely N-dealkylation sites (tertiary alicyclic amines) is 1. The molecule has 1 saturated carbocycles. The van der Waals surface area contributed by atoms with Crippen LogP contribution < -0.4 is 10.6 Å². The highest BCUT2D eigenvalue weighted by Gasteiger charge is 2.68. The summed E-state index contributed by atoms with van der Waals surface area (Å²) >= 11 is 12.1. The topological polar surface area (TPSA) is 123 Å². The Morgan fingerprint density at radius 3 is 2.19 bits per heavy atom. The number of amides is 3. The third-order valence-electron chi connectivity index (χ3n) is 7.45. The number of hydrogen-bond donors (Lipinski definition) is 3. The van der Waals surface area contributed by atoms with Crippen LogP contribution in [0.25, 0.3) is 0 Å². The maximum Gasteiger partial charge on any atom is 0.326 e. The number of rotatable bonds is 7. The van der Waals surface area contributed by atoms with Gasteiger partial charge in [-0.25, -0.2) is 9.59 Å². The number of anilines is 1. The zero-order valence-corrected chi connectivity index (χ0v) is 21.9. The summed E-state index contributed by atoms with van der Waals surface area (Å²) < 4.78 is -1.19. The molecule has 2 fully saturated rings. The second-order valence-electron chi connectivity index (χ2n) is 9.96. The molecule has 10 heteroatoms. The van der Waals surface area contributed by atoms with Gasteiger partial charge < -0.3 is 20.6 Å². The molecule has 194 valence electrons. The summed E-state index contributed by atoms with van der Waals surface area (Å²) in [5.41, 5.74) is 0.598. The fraction of sp³-hybridized carbons (Fsp3) is 0.407. The SMILES string of the molecule is CC1(C(=O)N[C@@H](Cc2ccc(NC(=O)N3CCC(C#N)(c4ccccc4)CC3)cc2)C(=O)O)CC1(Cl)Cl. The Morgan fingerprint density at radius 2 is 1.68 bits per heavy atom. The van der Waals surface area contributed by atoms with Crippen molar-refractivity contribution in [3.63, 3.8) is 0 Å². The summed E-state index contributed by atoms with van der Waals surface area (Å²) in [6.07, 6.45) is 1.42. The first kappa shape index (κ1) is 26.8. The number of nitriles is 1. The molecule has 1 aliphatic carbocycles. The molecule has 0 radical (unpaired) electrons. The van der Waals surface area contributed by atoms with Crippen molar-refractivity contribution in [1.29, 1.82) is 5.26 Å². The average Bonchev–Trinajstić information content (AvgIpc) is 3.43. The highest BCUT2D eigenvalue weighted by atomic mass is 35.5. The number of aliphatic carboxylic acids is 1. The number of carboxylic acid groups (broad SMARTS) is 1. The molecule has 1 saturated heterocycles. The summed E-state index contributed by atoms with van der Waals surface area (Å²) in [6, 6.07) is 17.5. The molecule has 2 aromatic rings. The predicted octanol–water partition coefficient (Wildman–Crippen LogP) is 4.47. The van der Waals surface area contributed by atoms with Gasteiger partial charge in [0.1, 0.15) is 10.4 Å². The molecule has 8 nitrogen and oxygen atoms in total. The molecule has 3 amide bonds. The first-order valence-electron chi connectivity index (χ1n) is 12.0. The van der Waals surface area contributed by atoms with E-state index >= 15 is 0 Å². The number of carboxylic acids is 1. The van der Waals surface area contributed by atoms with Gasteiger partial charge in [0.05, 0.1) is 16.9 Å². The minimum absolute atomic E-state index is 0.0603. The molecular formula is C27H28Cl2N4O4. The standard InChI is InChI=1S/C27H28Cl2N4O4/c1-25(16-27(25,28)29)23(36)32-21(22(34)35)15-18-7-9-20(10-8-18)31-24(37)33-13-11-26(17-30,12-14-33)19-5-3-2-4-6-19/h2-10,21H,11-16H2,1H3,(H,31,37)(H,32,36)(H,34,35)/t21-,25?/m0/s1. The van der Waals surface area contributed by atoms with Crippen molar-refractivity contribution < 1.29 is 19.5 Å². The molecule has 0 spiro atoms. The summed E-state index contributed by atoms with van der Waals surface area (Å²) in [5.74, 6) is -1.67. The lowest BCUT2D eigenvalue weighted by molar-refractivity contribution is -0.142. The van der Waals surface area contributed by atoms with Crippen molar-refractivity contribution in [1.82, 2.24) is 10.2 Å². The molecule has 37 heavy (non-hydrogen) atoms. The van der Waals surface area contributed by atoms with E-state index in [1.54, 1.807) is 36.1 Å². The van der Waals surface area contributed by atoms with Crippen LogP contribution in [0.15, 0.2) is 54.6 Å². The van der Waals surface area contributed by atoms with Gasteiger partial charge >= 0.3 is 12.0 Å². The van der Waals surface area contributed by atoms with Crippen LogP contribution in [0.5, 0.6) is 0 Å². The van der Waals surface area contributed by atoms with Crippen LogP contribution in [0, 0.1) is 16.7 Å². The van der Waals surface area contributed by atoms with E-state index in [2.05, 4.69) is 16.7 Å². The maximum atomic E-state index is 12.8. The minimum atomic E-state index is -1.19. The highest BCUT2D eigenvalue weighted by Crippen LogP contribution is 2.63. The number of hydrogen-bond acceptors (Lipinski definition) is 4.